The highest BCUT2D eigenvalue weighted by Gasteiger charge is 2.19. The number of fused-ring (bicyclic) bond motifs is 1. The van der Waals surface area contributed by atoms with Gasteiger partial charge in [-0.15, -0.1) is 0 Å². The zero-order valence-electron chi connectivity index (χ0n) is 13.8. The van der Waals surface area contributed by atoms with Crippen molar-refractivity contribution in [3.8, 4) is 11.1 Å². The second kappa shape index (κ2) is 5.91. The molecular weight excluding hydrogens is 310 g/mol. The van der Waals surface area contributed by atoms with Crippen LogP contribution >= 0.6 is 0 Å². The minimum atomic E-state index is -0.0116. The van der Waals surface area contributed by atoms with Gasteiger partial charge in [-0.05, 0) is 41.8 Å². The van der Waals surface area contributed by atoms with Gasteiger partial charge in [-0.3, -0.25) is 4.79 Å². The van der Waals surface area contributed by atoms with Crippen molar-refractivity contribution in [1.29, 1.82) is 0 Å². The molecule has 4 nitrogen and oxygen atoms in total. The topological polar surface area (TPSA) is 71.8 Å². The van der Waals surface area contributed by atoms with Crippen molar-refractivity contribution in [3.05, 3.63) is 83.7 Å². The lowest BCUT2D eigenvalue weighted by molar-refractivity contribution is 0.104. The Morgan fingerprint density at radius 3 is 2.68 bits per heavy atom. The molecule has 0 spiro atoms. The van der Waals surface area contributed by atoms with Gasteiger partial charge in [-0.2, -0.15) is 0 Å². The van der Waals surface area contributed by atoms with Gasteiger partial charge in [0.15, 0.2) is 5.78 Å². The number of benzene rings is 2. The standard InChI is InChI=1S/C21H17N3O/c1-13-5-2-3-8-16(13)20(25)18-12-24-21-19(18)17(9-10-23-21)14-6-4-7-15(22)11-14/h2-12H,22H2,1H3,(H,23,24). The summed E-state index contributed by atoms with van der Waals surface area (Å²) in [5.41, 5.74) is 11.5. The van der Waals surface area contributed by atoms with E-state index in [1.807, 2.05) is 61.5 Å². The third-order valence-electron chi connectivity index (χ3n) is 4.41. The molecular formula is C21H17N3O. The Kier molecular flexibility index (Phi) is 3.58. The van der Waals surface area contributed by atoms with Crippen molar-refractivity contribution in [2.45, 2.75) is 6.92 Å². The summed E-state index contributed by atoms with van der Waals surface area (Å²) in [5, 5.41) is 0.821. The summed E-state index contributed by atoms with van der Waals surface area (Å²) in [6, 6.07) is 17.2. The zero-order chi connectivity index (χ0) is 17.4. The fourth-order valence-electron chi connectivity index (χ4n) is 3.16. The fourth-order valence-corrected chi connectivity index (χ4v) is 3.16. The molecule has 4 aromatic rings. The van der Waals surface area contributed by atoms with Crippen LogP contribution in [-0.4, -0.2) is 15.8 Å². The minimum absolute atomic E-state index is 0.0116. The maximum atomic E-state index is 13.1. The number of aromatic amines is 1. The number of aromatic nitrogens is 2. The van der Waals surface area contributed by atoms with Crippen LogP contribution in [0.5, 0.6) is 0 Å². The highest BCUT2D eigenvalue weighted by atomic mass is 16.1. The number of aryl methyl sites for hydroxylation is 1. The van der Waals surface area contributed by atoms with Crippen LogP contribution in [0, 0.1) is 6.92 Å². The molecule has 2 aromatic heterocycles. The van der Waals surface area contributed by atoms with Crippen LogP contribution < -0.4 is 5.73 Å². The predicted molar refractivity (Wildman–Crippen MR) is 101 cm³/mol. The normalized spacial score (nSPS) is 10.9. The van der Waals surface area contributed by atoms with Crippen LogP contribution in [0.15, 0.2) is 67.0 Å². The summed E-state index contributed by atoms with van der Waals surface area (Å²) in [6.45, 7) is 1.94. The van der Waals surface area contributed by atoms with Crippen molar-refractivity contribution in [3.63, 3.8) is 0 Å². The second-order valence-electron chi connectivity index (χ2n) is 6.05. The lowest BCUT2D eigenvalue weighted by atomic mass is 9.95. The highest BCUT2D eigenvalue weighted by molar-refractivity contribution is 6.19. The molecule has 0 fully saturated rings. The van der Waals surface area contributed by atoms with Crippen molar-refractivity contribution in [2.75, 3.05) is 5.73 Å². The Hall–Kier alpha value is -3.40. The molecule has 0 saturated carbocycles. The molecule has 4 heteroatoms. The van der Waals surface area contributed by atoms with E-state index in [1.54, 1.807) is 12.4 Å². The monoisotopic (exact) mass is 327 g/mol. The number of nitrogens with zero attached hydrogens (tertiary/aromatic N) is 1. The Morgan fingerprint density at radius 2 is 1.88 bits per heavy atom. The molecule has 3 N–H and O–H groups in total. The fraction of sp³-hybridized carbons (Fsp3) is 0.0476. The number of rotatable bonds is 3. The number of nitrogens with one attached hydrogen (secondary N) is 1. The van der Waals surface area contributed by atoms with E-state index in [4.69, 9.17) is 5.73 Å². The van der Waals surface area contributed by atoms with Gasteiger partial charge in [0.2, 0.25) is 0 Å². The number of carbonyl (C=O) groups is 1. The smallest absolute Gasteiger partial charge is 0.195 e. The molecule has 122 valence electrons. The molecule has 0 unspecified atom stereocenters. The first-order chi connectivity index (χ1) is 12.1. The Morgan fingerprint density at radius 1 is 1.04 bits per heavy atom. The summed E-state index contributed by atoms with van der Waals surface area (Å²) >= 11 is 0. The summed E-state index contributed by atoms with van der Waals surface area (Å²) in [7, 11) is 0. The Labute approximate surface area is 145 Å². The number of hydrogen-bond donors (Lipinski definition) is 2. The molecule has 0 bridgehead atoms. The maximum absolute atomic E-state index is 13.1. The number of pyridine rings is 1. The van der Waals surface area contributed by atoms with Gasteiger partial charge in [-0.25, -0.2) is 4.98 Å². The minimum Gasteiger partial charge on any atom is -0.399 e. The van der Waals surface area contributed by atoms with Crippen molar-refractivity contribution >= 4 is 22.5 Å². The Balaban J connectivity index is 1.95. The number of H-pyrrole nitrogens is 1. The largest absolute Gasteiger partial charge is 0.399 e. The lowest BCUT2D eigenvalue weighted by Gasteiger charge is -2.08. The number of nitrogen functional groups attached to an aromatic ring is 1. The number of carbonyl (C=O) groups excluding carboxylic acids is 1. The third kappa shape index (κ3) is 2.58. The van der Waals surface area contributed by atoms with E-state index in [-0.39, 0.29) is 5.78 Å². The maximum Gasteiger partial charge on any atom is 0.195 e. The molecule has 2 heterocycles. The van der Waals surface area contributed by atoms with Crippen LogP contribution in [0.1, 0.15) is 21.5 Å². The number of hydrogen-bond acceptors (Lipinski definition) is 3. The quantitative estimate of drug-likeness (QED) is 0.434. The molecule has 0 aliphatic rings. The first-order valence-electron chi connectivity index (χ1n) is 8.07. The summed E-state index contributed by atoms with van der Waals surface area (Å²) in [5.74, 6) is -0.0116. The second-order valence-corrected chi connectivity index (χ2v) is 6.05. The zero-order valence-corrected chi connectivity index (χ0v) is 13.8. The molecule has 25 heavy (non-hydrogen) atoms. The molecule has 0 aliphatic heterocycles. The highest BCUT2D eigenvalue weighted by Crippen LogP contribution is 2.32. The van der Waals surface area contributed by atoms with E-state index < -0.39 is 0 Å². The van der Waals surface area contributed by atoms with E-state index in [2.05, 4.69) is 9.97 Å². The van der Waals surface area contributed by atoms with Crippen LogP contribution in [0.4, 0.5) is 5.69 Å². The number of anilines is 1. The molecule has 0 aliphatic carbocycles. The van der Waals surface area contributed by atoms with Gasteiger partial charge in [0.05, 0.1) is 5.56 Å². The van der Waals surface area contributed by atoms with Gasteiger partial charge in [0.25, 0.3) is 0 Å². The van der Waals surface area contributed by atoms with Crippen LogP contribution in [0.3, 0.4) is 0 Å². The van der Waals surface area contributed by atoms with Gasteiger partial charge in [0.1, 0.15) is 5.65 Å². The molecule has 0 atom stereocenters. The van der Waals surface area contributed by atoms with E-state index in [9.17, 15) is 4.79 Å². The van der Waals surface area contributed by atoms with E-state index in [0.717, 1.165) is 22.1 Å². The Bertz CT molecular complexity index is 1100. The third-order valence-corrected chi connectivity index (χ3v) is 4.41. The summed E-state index contributed by atoms with van der Waals surface area (Å²) in [4.78, 5) is 20.6. The van der Waals surface area contributed by atoms with Crippen molar-refractivity contribution in [2.24, 2.45) is 0 Å². The molecule has 0 saturated heterocycles. The first-order valence-corrected chi connectivity index (χ1v) is 8.07. The summed E-state index contributed by atoms with van der Waals surface area (Å²) < 4.78 is 0. The van der Waals surface area contributed by atoms with Crippen molar-refractivity contribution < 1.29 is 4.79 Å². The first kappa shape index (κ1) is 15.1. The predicted octanol–water partition coefficient (Wildman–Crippen LogP) is 4.35. The number of ketones is 1. The summed E-state index contributed by atoms with van der Waals surface area (Å²) in [6.07, 6.45) is 3.47. The molecule has 0 amide bonds. The van der Waals surface area contributed by atoms with Crippen molar-refractivity contribution in [1.82, 2.24) is 9.97 Å². The average molecular weight is 327 g/mol. The molecule has 2 aromatic carbocycles. The van der Waals surface area contributed by atoms with E-state index in [1.165, 1.54) is 0 Å². The molecule has 4 rings (SSSR count). The lowest BCUT2D eigenvalue weighted by Crippen LogP contribution is -2.03. The van der Waals surface area contributed by atoms with Gasteiger partial charge in [0, 0.05) is 29.0 Å². The van der Waals surface area contributed by atoms with Gasteiger partial charge < -0.3 is 10.7 Å². The number of nitrogens with two attached hydrogens (primary N) is 1. The van der Waals surface area contributed by atoms with Gasteiger partial charge in [-0.1, -0.05) is 36.4 Å². The van der Waals surface area contributed by atoms with Crippen LogP contribution in [0.2, 0.25) is 0 Å². The average Bonchev–Trinajstić information content (AvgIpc) is 3.06. The van der Waals surface area contributed by atoms with E-state index >= 15 is 0 Å². The molecule has 0 radical (unpaired) electrons. The van der Waals surface area contributed by atoms with E-state index in [0.29, 0.717) is 22.5 Å². The van der Waals surface area contributed by atoms with Gasteiger partial charge >= 0.3 is 0 Å². The van der Waals surface area contributed by atoms with Crippen LogP contribution in [0.25, 0.3) is 22.2 Å². The SMILES string of the molecule is Cc1ccccc1C(=O)c1c[nH]c2nccc(-c3cccc(N)c3)c12. The van der Waals surface area contributed by atoms with Crippen LogP contribution in [-0.2, 0) is 0 Å².